The first kappa shape index (κ1) is 11.8. The molecule has 4 nitrogen and oxygen atoms in total. The van der Waals surface area contributed by atoms with Gasteiger partial charge in [0.1, 0.15) is 25.0 Å². The normalized spacial score (nSPS) is 10.1. The van der Waals surface area contributed by atoms with Crippen molar-refractivity contribution in [1.29, 1.82) is 0 Å². The summed E-state index contributed by atoms with van der Waals surface area (Å²) in [5, 5.41) is 5.85. The van der Waals surface area contributed by atoms with Crippen LogP contribution < -0.4 is 20.1 Å². The van der Waals surface area contributed by atoms with E-state index in [1.165, 1.54) is 0 Å². The van der Waals surface area contributed by atoms with E-state index in [0.717, 1.165) is 17.1 Å². The molecule has 0 radical (unpaired) electrons. The van der Waals surface area contributed by atoms with Gasteiger partial charge in [-0.1, -0.05) is 0 Å². The summed E-state index contributed by atoms with van der Waals surface area (Å²) in [6.07, 6.45) is 0. The molecule has 0 aliphatic carbocycles. The van der Waals surface area contributed by atoms with Gasteiger partial charge in [0, 0.05) is 6.07 Å². The van der Waals surface area contributed by atoms with E-state index in [-0.39, 0.29) is 0 Å². The van der Waals surface area contributed by atoms with Crippen LogP contribution in [-0.4, -0.2) is 27.6 Å². The Morgan fingerprint density at radius 2 is 1.40 bits per heavy atom. The molecule has 0 unspecified atom stereocenters. The lowest BCUT2D eigenvalue weighted by Gasteiger charge is -2.10. The van der Waals surface area contributed by atoms with Gasteiger partial charge < -0.3 is 9.47 Å². The Kier molecular flexibility index (Phi) is 4.93. The van der Waals surface area contributed by atoms with Crippen LogP contribution in [-0.2, 0) is 0 Å². The van der Waals surface area contributed by atoms with Gasteiger partial charge >= 0.3 is 0 Å². The summed E-state index contributed by atoms with van der Waals surface area (Å²) < 4.78 is 10.9. The molecule has 0 saturated heterocycles. The van der Waals surface area contributed by atoms with E-state index in [4.69, 9.17) is 9.47 Å². The summed E-state index contributed by atoms with van der Waals surface area (Å²) in [6.45, 7) is 3.00. The van der Waals surface area contributed by atoms with Gasteiger partial charge in [-0.2, -0.15) is 0 Å². The number of rotatable bonds is 6. The lowest BCUT2D eigenvalue weighted by Crippen LogP contribution is -2.15. The first-order valence-electron chi connectivity index (χ1n) is 4.92. The summed E-state index contributed by atoms with van der Waals surface area (Å²) in [5.41, 5.74) is 1.12. The van der Waals surface area contributed by atoms with E-state index in [9.17, 15) is 0 Å². The molecule has 0 atom stereocenters. The van der Waals surface area contributed by atoms with Crippen molar-refractivity contribution in [2.24, 2.45) is 0 Å². The van der Waals surface area contributed by atoms with Crippen LogP contribution in [0, 0.1) is 6.92 Å². The fourth-order valence-corrected chi connectivity index (χ4v) is 1.19. The van der Waals surface area contributed by atoms with Crippen LogP contribution in [0.1, 0.15) is 5.56 Å². The monoisotopic (exact) mass is 210 g/mol. The van der Waals surface area contributed by atoms with Crippen molar-refractivity contribution in [3.05, 3.63) is 23.8 Å². The highest BCUT2D eigenvalue weighted by molar-refractivity contribution is 5.37. The van der Waals surface area contributed by atoms with Crippen LogP contribution in [0.3, 0.4) is 0 Å². The zero-order valence-electron chi connectivity index (χ0n) is 9.46. The van der Waals surface area contributed by atoms with Crippen LogP contribution in [0.15, 0.2) is 18.2 Å². The number of ether oxygens (including phenoxy) is 2. The Morgan fingerprint density at radius 1 is 0.933 bits per heavy atom. The van der Waals surface area contributed by atoms with Gasteiger partial charge in [-0.3, -0.25) is 10.6 Å². The van der Waals surface area contributed by atoms with Crippen molar-refractivity contribution in [3.63, 3.8) is 0 Å². The Morgan fingerprint density at radius 3 is 1.80 bits per heavy atom. The minimum Gasteiger partial charge on any atom is -0.478 e. The van der Waals surface area contributed by atoms with Gasteiger partial charge in [0.2, 0.25) is 0 Å². The predicted molar refractivity (Wildman–Crippen MR) is 60.3 cm³/mol. The lowest BCUT2D eigenvalue weighted by atomic mass is 10.2. The zero-order chi connectivity index (χ0) is 11.1. The van der Waals surface area contributed by atoms with Gasteiger partial charge in [0.05, 0.1) is 0 Å². The summed E-state index contributed by atoms with van der Waals surface area (Å²) in [5.74, 6) is 1.63. The van der Waals surface area contributed by atoms with Crippen LogP contribution in [0.25, 0.3) is 0 Å². The molecule has 0 spiro atoms. The summed E-state index contributed by atoms with van der Waals surface area (Å²) >= 11 is 0. The molecule has 0 fully saturated rings. The molecule has 0 bridgehead atoms. The van der Waals surface area contributed by atoms with Crippen LogP contribution in [0.2, 0.25) is 0 Å². The summed E-state index contributed by atoms with van der Waals surface area (Å²) in [4.78, 5) is 0. The summed E-state index contributed by atoms with van der Waals surface area (Å²) in [6, 6.07) is 5.83. The third-order valence-electron chi connectivity index (χ3n) is 1.79. The molecular formula is C11H18N2O2. The number of hydrogen-bond donors (Lipinski definition) is 2. The Balaban J connectivity index is 2.66. The standard InChI is InChI=1S/C11H18N2O2/c1-9-4-10(14-7-12-2)6-11(5-9)15-8-13-3/h4-6,12-13H,7-8H2,1-3H3. The molecule has 2 N–H and O–H groups in total. The Labute approximate surface area is 90.6 Å². The maximum atomic E-state index is 5.45. The Hall–Kier alpha value is -1.26. The predicted octanol–water partition coefficient (Wildman–Crippen LogP) is 1.11. The van der Waals surface area contributed by atoms with Crippen molar-refractivity contribution in [3.8, 4) is 11.5 Å². The average Bonchev–Trinajstić information content (AvgIpc) is 2.23. The number of hydrogen-bond acceptors (Lipinski definition) is 4. The highest BCUT2D eigenvalue weighted by Crippen LogP contribution is 2.22. The van der Waals surface area contributed by atoms with Crippen molar-refractivity contribution in [2.45, 2.75) is 6.92 Å². The highest BCUT2D eigenvalue weighted by atomic mass is 16.5. The van der Waals surface area contributed by atoms with E-state index in [0.29, 0.717) is 13.5 Å². The van der Waals surface area contributed by atoms with E-state index in [1.807, 2.05) is 39.2 Å². The second kappa shape index (κ2) is 6.27. The smallest absolute Gasteiger partial charge is 0.139 e. The fraction of sp³-hybridized carbons (Fsp3) is 0.455. The molecule has 4 heteroatoms. The fourth-order valence-electron chi connectivity index (χ4n) is 1.19. The topological polar surface area (TPSA) is 42.5 Å². The van der Waals surface area contributed by atoms with Crippen LogP contribution >= 0.6 is 0 Å². The molecule has 84 valence electrons. The van der Waals surface area contributed by atoms with Gasteiger partial charge in [-0.25, -0.2) is 0 Å². The Bertz CT molecular complexity index is 276. The molecule has 0 aliphatic rings. The summed E-state index contributed by atoms with van der Waals surface area (Å²) in [7, 11) is 3.68. The van der Waals surface area contributed by atoms with Crippen molar-refractivity contribution in [2.75, 3.05) is 27.6 Å². The van der Waals surface area contributed by atoms with Crippen LogP contribution in [0.5, 0.6) is 11.5 Å². The molecular weight excluding hydrogens is 192 g/mol. The third-order valence-corrected chi connectivity index (χ3v) is 1.79. The van der Waals surface area contributed by atoms with Gasteiger partial charge in [0.25, 0.3) is 0 Å². The van der Waals surface area contributed by atoms with Crippen molar-refractivity contribution >= 4 is 0 Å². The van der Waals surface area contributed by atoms with Crippen molar-refractivity contribution < 1.29 is 9.47 Å². The molecule has 1 rings (SSSR count). The molecule has 0 aromatic heterocycles. The number of benzene rings is 1. The quantitative estimate of drug-likeness (QED) is 0.690. The highest BCUT2D eigenvalue weighted by Gasteiger charge is 1.99. The van der Waals surface area contributed by atoms with E-state index in [2.05, 4.69) is 10.6 Å². The van der Waals surface area contributed by atoms with Crippen LogP contribution in [0.4, 0.5) is 0 Å². The molecule has 0 aliphatic heterocycles. The second-order valence-electron chi connectivity index (χ2n) is 3.27. The van der Waals surface area contributed by atoms with Gasteiger partial charge in [0.15, 0.2) is 0 Å². The minimum atomic E-state index is 0.495. The van der Waals surface area contributed by atoms with E-state index >= 15 is 0 Å². The number of nitrogens with one attached hydrogen (secondary N) is 2. The molecule has 0 amide bonds. The first-order chi connectivity index (χ1) is 7.26. The van der Waals surface area contributed by atoms with Crippen molar-refractivity contribution in [1.82, 2.24) is 10.6 Å². The van der Waals surface area contributed by atoms with Gasteiger partial charge in [-0.15, -0.1) is 0 Å². The molecule has 1 aromatic rings. The third kappa shape index (κ3) is 4.18. The van der Waals surface area contributed by atoms with E-state index < -0.39 is 0 Å². The largest absolute Gasteiger partial charge is 0.478 e. The molecule has 1 aromatic carbocycles. The lowest BCUT2D eigenvalue weighted by molar-refractivity contribution is 0.281. The minimum absolute atomic E-state index is 0.495. The zero-order valence-corrected chi connectivity index (χ0v) is 9.46. The number of aryl methyl sites for hydroxylation is 1. The molecule has 0 heterocycles. The maximum Gasteiger partial charge on any atom is 0.139 e. The average molecular weight is 210 g/mol. The first-order valence-corrected chi connectivity index (χ1v) is 4.92. The van der Waals surface area contributed by atoms with Gasteiger partial charge in [-0.05, 0) is 38.7 Å². The second-order valence-corrected chi connectivity index (χ2v) is 3.27. The maximum absolute atomic E-state index is 5.45. The SMILES string of the molecule is CNCOc1cc(C)cc(OCNC)c1. The molecule has 15 heavy (non-hydrogen) atoms. The molecule has 0 saturated carbocycles. The van der Waals surface area contributed by atoms with E-state index in [1.54, 1.807) is 0 Å².